The Labute approximate surface area is 197 Å². The zero-order chi connectivity index (χ0) is 22.9. The molecular formula is C22H33BrN6O3. The largest absolute Gasteiger partial charge is 0.496 e. The third-order valence-electron chi connectivity index (χ3n) is 5.30. The summed E-state index contributed by atoms with van der Waals surface area (Å²) in [5.41, 5.74) is 7.18. The molecule has 1 aliphatic rings. The number of rotatable bonds is 11. The van der Waals surface area contributed by atoms with Crippen molar-refractivity contribution in [1.29, 1.82) is 0 Å². The second-order valence-electron chi connectivity index (χ2n) is 7.65. The minimum absolute atomic E-state index is 0.164. The van der Waals surface area contributed by atoms with Crippen LogP contribution in [0.5, 0.6) is 5.75 Å². The molecule has 32 heavy (non-hydrogen) atoms. The lowest BCUT2D eigenvalue weighted by Crippen LogP contribution is -2.30. The number of hydrogen-bond acceptors (Lipinski definition) is 7. The predicted molar refractivity (Wildman–Crippen MR) is 130 cm³/mol. The van der Waals surface area contributed by atoms with Gasteiger partial charge in [-0.25, -0.2) is 0 Å². The Hall–Kier alpha value is -2.30. The van der Waals surface area contributed by atoms with Gasteiger partial charge in [0.2, 0.25) is 5.95 Å². The monoisotopic (exact) mass is 508 g/mol. The van der Waals surface area contributed by atoms with Gasteiger partial charge in [0.25, 0.3) is 5.91 Å². The minimum Gasteiger partial charge on any atom is -0.496 e. The van der Waals surface area contributed by atoms with Gasteiger partial charge in [-0.05, 0) is 66.4 Å². The first-order valence-electron chi connectivity index (χ1n) is 11.1. The van der Waals surface area contributed by atoms with E-state index in [1.54, 1.807) is 7.11 Å². The lowest BCUT2D eigenvalue weighted by molar-refractivity contribution is 0.0901. The maximum absolute atomic E-state index is 13.1. The van der Waals surface area contributed by atoms with Crippen molar-refractivity contribution in [2.45, 2.75) is 38.8 Å². The summed E-state index contributed by atoms with van der Waals surface area (Å²) in [5.74, 6) is 1.82. The first-order valence-corrected chi connectivity index (χ1v) is 11.9. The second-order valence-corrected chi connectivity index (χ2v) is 8.50. The summed E-state index contributed by atoms with van der Waals surface area (Å²) in [5, 5.41) is 9.77. The fraction of sp³-hybridized carbons (Fsp3) is 0.545. The van der Waals surface area contributed by atoms with E-state index in [4.69, 9.17) is 20.2 Å². The van der Waals surface area contributed by atoms with Gasteiger partial charge in [-0.1, -0.05) is 6.07 Å². The SMILES string of the molecule is CCNC(=O)c1c(NCCCN)nc(NC2CCOCC2)n1Cc1ccc(OC)c(Br)c1. The summed E-state index contributed by atoms with van der Waals surface area (Å²) < 4.78 is 13.6. The number of amides is 1. The smallest absolute Gasteiger partial charge is 0.271 e. The van der Waals surface area contributed by atoms with Crippen LogP contribution in [0.1, 0.15) is 42.2 Å². The van der Waals surface area contributed by atoms with Gasteiger partial charge in [0.15, 0.2) is 11.5 Å². The topological polar surface area (TPSA) is 115 Å². The number of carbonyl (C=O) groups excluding carboxylic acids is 1. The maximum Gasteiger partial charge on any atom is 0.271 e. The van der Waals surface area contributed by atoms with Crippen LogP contribution in [-0.2, 0) is 11.3 Å². The lowest BCUT2D eigenvalue weighted by atomic mass is 10.1. The Kier molecular flexibility index (Phi) is 9.19. The number of nitrogens with one attached hydrogen (secondary N) is 3. The molecule has 0 bridgehead atoms. The second kappa shape index (κ2) is 12.1. The molecule has 176 valence electrons. The Morgan fingerprint density at radius 2 is 2.16 bits per heavy atom. The van der Waals surface area contributed by atoms with Gasteiger partial charge in [0, 0.05) is 32.3 Å². The van der Waals surface area contributed by atoms with Gasteiger partial charge in [0.05, 0.1) is 18.1 Å². The van der Waals surface area contributed by atoms with Crippen LogP contribution in [0.4, 0.5) is 11.8 Å². The molecule has 0 atom stereocenters. The summed E-state index contributed by atoms with van der Waals surface area (Å²) >= 11 is 3.56. The van der Waals surface area contributed by atoms with Crippen molar-refractivity contribution >= 4 is 33.6 Å². The zero-order valence-electron chi connectivity index (χ0n) is 18.7. The van der Waals surface area contributed by atoms with Gasteiger partial charge in [-0.3, -0.25) is 9.36 Å². The highest BCUT2D eigenvalue weighted by Gasteiger charge is 2.25. The molecule has 0 unspecified atom stereocenters. The molecule has 5 N–H and O–H groups in total. The highest BCUT2D eigenvalue weighted by molar-refractivity contribution is 9.10. The molecule has 10 heteroatoms. The van der Waals surface area contributed by atoms with Crippen LogP contribution < -0.4 is 26.4 Å². The van der Waals surface area contributed by atoms with Gasteiger partial charge >= 0.3 is 0 Å². The van der Waals surface area contributed by atoms with E-state index in [9.17, 15) is 4.79 Å². The van der Waals surface area contributed by atoms with Crippen molar-refractivity contribution < 1.29 is 14.3 Å². The summed E-state index contributed by atoms with van der Waals surface area (Å²) in [7, 11) is 1.64. The van der Waals surface area contributed by atoms with Crippen LogP contribution in [0.15, 0.2) is 22.7 Å². The molecule has 9 nitrogen and oxygen atoms in total. The quantitative estimate of drug-likeness (QED) is 0.345. The molecule has 3 rings (SSSR count). The normalized spacial score (nSPS) is 14.2. The Morgan fingerprint density at radius 3 is 2.81 bits per heavy atom. The van der Waals surface area contributed by atoms with Crippen molar-refractivity contribution in [2.75, 3.05) is 50.6 Å². The Bertz CT molecular complexity index is 898. The molecule has 1 aromatic heterocycles. The highest BCUT2D eigenvalue weighted by Crippen LogP contribution is 2.29. The molecule has 0 spiro atoms. The molecule has 0 aliphatic carbocycles. The third-order valence-corrected chi connectivity index (χ3v) is 5.92. The van der Waals surface area contributed by atoms with Crippen molar-refractivity contribution in [1.82, 2.24) is 14.9 Å². The van der Waals surface area contributed by atoms with Gasteiger partial charge in [-0.15, -0.1) is 0 Å². The van der Waals surface area contributed by atoms with Crippen LogP contribution >= 0.6 is 15.9 Å². The van der Waals surface area contributed by atoms with Crippen molar-refractivity contribution in [3.05, 3.63) is 33.9 Å². The van der Waals surface area contributed by atoms with E-state index in [0.29, 0.717) is 56.9 Å². The Balaban J connectivity index is 1.99. The fourth-order valence-electron chi connectivity index (χ4n) is 3.64. The summed E-state index contributed by atoms with van der Waals surface area (Å²) in [6.45, 7) is 5.56. The number of imidazole rings is 1. The number of anilines is 2. The van der Waals surface area contributed by atoms with E-state index in [2.05, 4.69) is 31.9 Å². The molecule has 1 aromatic carbocycles. The fourth-order valence-corrected chi connectivity index (χ4v) is 4.23. The van der Waals surface area contributed by atoms with Crippen molar-refractivity contribution in [3.8, 4) is 5.75 Å². The molecule has 1 saturated heterocycles. The highest BCUT2D eigenvalue weighted by atomic mass is 79.9. The summed E-state index contributed by atoms with van der Waals surface area (Å²) in [6.07, 6.45) is 2.58. The van der Waals surface area contributed by atoms with E-state index >= 15 is 0 Å². The molecule has 1 amide bonds. The van der Waals surface area contributed by atoms with Gasteiger partial charge in [-0.2, -0.15) is 4.98 Å². The van der Waals surface area contributed by atoms with Crippen LogP contribution in [-0.4, -0.2) is 61.5 Å². The summed E-state index contributed by atoms with van der Waals surface area (Å²) in [6, 6.07) is 6.14. The zero-order valence-corrected chi connectivity index (χ0v) is 20.3. The van der Waals surface area contributed by atoms with E-state index in [0.717, 1.165) is 35.0 Å². The van der Waals surface area contributed by atoms with E-state index in [-0.39, 0.29) is 11.9 Å². The van der Waals surface area contributed by atoms with Gasteiger partial charge < -0.3 is 31.2 Å². The first kappa shape index (κ1) is 24.3. The van der Waals surface area contributed by atoms with E-state index < -0.39 is 0 Å². The number of aromatic nitrogens is 2. The predicted octanol–water partition coefficient (Wildman–Crippen LogP) is 2.80. The average Bonchev–Trinajstić information content (AvgIpc) is 3.11. The first-order chi connectivity index (χ1) is 15.6. The van der Waals surface area contributed by atoms with Crippen LogP contribution in [0.25, 0.3) is 0 Å². The number of ether oxygens (including phenoxy) is 2. The molecule has 0 radical (unpaired) electrons. The average molecular weight is 509 g/mol. The third kappa shape index (κ3) is 6.14. The minimum atomic E-state index is -0.164. The number of carbonyl (C=O) groups is 1. The van der Waals surface area contributed by atoms with Crippen molar-refractivity contribution in [2.24, 2.45) is 5.73 Å². The molecule has 2 aromatic rings. The number of nitrogens with zero attached hydrogens (tertiary/aromatic N) is 2. The summed E-state index contributed by atoms with van der Waals surface area (Å²) in [4.78, 5) is 17.9. The molecule has 1 fully saturated rings. The van der Waals surface area contributed by atoms with Crippen molar-refractivity contribution in [3.63, 3.8) is 0 Å². The number of nitrogens with two attached hydrogens (primary N) is 1. The number of halogens is 1. The number of benzene rings is 1. The molecule has 2 heterocycles. The molecule has 1 aliphatic heterocycles. The van der Waals surface area contributed by atoms with E-state index in [1.165, 1.54) is 0 Å². The number of methoxy groups -OCH3 is 1. The standard InChI is InChI=1S/C22H33BrN6O3/c1-3-25-21(30)19-20(26-10-4-9-24)28-22(27-16-7-11-32-12-8-16)29(19)14-15-5-6-18(31-2)17(23)13-15/h5-6,13,16,26H,3-4,7-12,14,24H2,1-2H3,(H,25,30)(H,27,28). The van der Waals surface area contributed by atoms with Crippen LogP contribution in [0.3, 0.4) is 0 Å². The molecule has 0 saturated carbocycles. The lowest BCUT2D eigenvalue weighted by Gasteiger charge is -2.24. The van der Waals surface area contributed by atoms with E-state index in [1.807, 2.05) is 29.7 Å². The number of hydrogen-bond donors (Lipinski definition) is 4. The Morgan fingerprint density at radius 1 is 1.38 bits per heavy atom. The molecular weight excluding hydrogens is 476 g/mol. The van der Waals surface area contributed by atoms with Gasteiger partial charge in [0.1, 0.15) is 5.75 Å². The maximum atomic E-state index is 13.1. The van der Waals surface area contributed by atoms with Crippen LogP contribution in [0.2, 0.25) is 0 Å². The van der Waals surface area contributed by atoms with Crippen LogP contribution in [0, 0.1) is 0 Å².